The van der Waals surface area contributed by atoms with Crippen LogP contribution >= 0.6 is 0 Å². The fourth-order valence-electron chi connectivity index (χ4n) is 3.55. The maximum Gasteiger partial charge on any atom is 0.261 e. The molecule has 160 valence electrons. The number of amides is 1. The number of nitrogens with zero attached hydrogens (tertiary/aromatic N) is 1. The van der Waals surface area contributed by atoms with Crippen molar-refractivity contribution in [1.29, 1.82) is 0 Å². The van der Waals surface area contributed by atoms with Crippen molar-refractivity contribution in [3.8, 4) is 0 Å². The molecule has 1 amide bonds. The SMILES string of the molecule is O=C(CNc1ccc(S(=O)(=O)Nc2ccc3c(c2)CCC3)cc1)NCc1cccnc1. The molecule has 1 aromatic heterocycles. The predicted molar refractivity (Wildman–Crippen MR) is 120 cm³/mol. The third kappa shape index (κ3) is 5.40. The summed E-state index contributed by atoms with van der Waals surface area (Å²) in [4.78, 5) is 16.2. The van der Waals surface area contributed by atoms with Crippen molar-refractivity contribution < 1.29 is 13.2 Å². The summed E-state index contributed by atoms with van der Waals surface area (Å²) in [6, 6.07) is 15.7. The Bertz CT molecular complexity index is 1160. The van der Waals surface area contributed by atoms with Gasteiger partial charge in [-0.3, -0.25) is 14.5 Å². The van der Waals surface area contributed by atoms with E-state index in [1.54, 1.807) is 24.5 Å². The lowest BCUT2D eigenvalue weighted by Gasteiger charge is -2.11. The summed E-state index contributed by atoms with van der Waals surface area (Å²) in [6.07, 6.45) is 6.53. The van der Waals surface area contributed by atoms with Gasteiger partial charge in [-0.1, -0.05) is 12.1 Å². The van der Waals surface area contributed by atoms with E-state index in [2.05, 4.69) is 20.3 Å². The standard InChI is InChI=1S/C23H24N4O3S/c28-23(26-15-17-3-2-12-24-14-17)16-25-20-8-10-22(11-9-20)31(29,30)27-21-7-6-18-4-1-5-19(18)13-21/h2-3,6-14,25,27H,1,4-5,15-16H2,(H,26,28). The molecule has 31 heavy (non-hydrogen) atoms. The van der Waals surface area contributed by atoms with Gasteiger partial charge in [-0.05, 0) is 78.4 Å². The van der Waals surface area contributed by atoms with Gasteiger partial charge in [0.2, 0.25) is 5.91 Å². The predicted octanol–water partition coefficient (Wildman–Crippen LogP) is 3.10. The number of carbonyl (C=O) groups is 1. The Labute approximate surface area is 182 Å². The molecule has 3 N–H and O–H groups in total. The highest BCUT2D eigenvalue weighted by molar-refractivity contribution is 7.92. The molecule has 8 heteroatoms. The number of anilines is 2. The molecule has 0 aliphatic heterocycles. The van der Waals surface area contributed by atoms with E-state index in [0.717, 1.165) is 24.8 Å². The van der Waals surface area contributed by atoms with Crippen LogP contribution in [0, 0.1) is 0 Å². The summed E-state index contributed by atoms with van der Waals surface area (Å²) in [6.45, 7) is 0.486. The second-order valence-electron chi connectivity index (χ2n) is 7.46. The van der Waals surface area contributed by atoms with E-state index in [1.807, 2.05) is 30.3 Å². The minimum absolute atomic E-state index is 0.0831. The van der Waals surface area contributed by atoms with Crippen molar-refractivity contribution in [2.24, 2.45) is 0 Å². The summed E-state index contributed by atoms with van der Waals surface area (Å²) >= 11 is 0. The van der Waals surface area contributed by atoms with Crippen LogP contribution in [0.2, 0.25) is 0 Å². The van der Waals surface area contributed by atoms with Gasteiger partial charge < -0.3 is 10.6 Å². The molecule has 0 saturated carbocycles. The molecule has 7 nitrogen and oxygen atoms in total. The summed E-state index contributed by atoms with van der Waals surface area (Å²) < 4.78 is 28.0. The van der Waals surface area contributed by atoms with E-state index in [1.165, 1.54) is 23.3 Å². The second kappa shape index (κ2) is 9.18. The van der Waals surface area contributed by atoms with Crippen molar-refractivity contribution in [1.82, 2.24) is 10.3 Å². The minimum atomic E-state index is -3.68. The maximum atomic E-state index is 12.7. The number of pyridine rings is 1. The number of aromatic nitrogens is 1. The van der Waals surface area contributed by atoms with Crippen molar-refractivity contribution in [2.45, 2.75) is 30.7 Å². The van der Waals surface area contributed by atoms with Gasteiger partial charge in [0.1, 0.15) is 0 Å². The molecule has 0 unspecified atom stereocenters. The molecule has 1 aliphatic carbocycles. The zero-order valence-corrected chi connectivity index (χ0v) is 17.8. The van der Waals surface area contributed by atoms with Gasteiger partial charge in [-0.2, -0.15) is 0 Å². The first-order valence-corrected chi connectivity index (χ1v) is 11.6. The van der Waals surface area contributed by atoms with Crippen LogP contribution in [-0.2, 0) is 34.2 Å². The number of fused-ring (bicyclic) bond motifs is 1. The zero-order chi connectivity index (χ0) is 21.7. The summed E-state index contributed by atoms with van der Waals surface area (Å²) in [5.41, 5.74) is 4.66. The maximum absolute atomic E-state index is 12.7. The molecule has 1 heterocycles. The first-order valence-electron chi connectivity index (χ1n) is 10.1. The van der Waals surface area contributed by atoms with Crippen LogP contribution in [-0.4, -0.2) is 25.9 Å². The van der Waals surface area contributed by atoms with Crippen LogP contribution in [0.1, 0.15) is 23.1 Å². The highest BCUT2D eigenvalue weighted by Gasteiger charge is 2.16. The van der Waals surface area contributed by atoms with Gasteiger partial charge in [0.25, 0.3) is 10.0 Å². The Morgan fingerprint density at radius 2 is 1.74 bits per heavy atom. The Hall–Kier alpha value is -3.39. The molecule has 1 aliphatic rings. The number of carbonyl (C=O) groups excluding carboxylic acids is 1. The third-order valence-corrected chi connectivity index (χ3v) is 6.58. The van der Waals surface area contributed by atoms with E-state index in [0.29, 0.717) is 17.9 Å². The van der Waals surface area contributed by atoms with E-state index in [4.69, 9.17) is 0 Å². The minimum Gasteiger partial charge on any atom is -0.376 e. The molecular formula is C23H24N4O3S. The van der Waals surface area contributed by atoms with Gasteiger partial charge in [-0.15, -0.1) is 0 Å². The van der Waals surface area contributed by atoms with Crippen LogP contribution in [0.5, 0.6) is 0 Å². The Morgan fingerprint density at radius 1 is 0.968 bits per heavy atom. The quantitative estimate of drug-likeness (QED) is 0.504. The van der Waals surface area contributed by atoms with E-state index < -0.39 is 10.0 Å². The highest BCUT2D eigenvalue weighted by atomic mass is 32.2. The number of hydrogen-bond donors (Lipinski definition) is 3. The van der Waals surface area contributed by atoms with E-state index >= 15 is 0 Å². The molecule has 0 fully saturated rings. The Kier molecular flexibility index (Phi) is 6.18. The molecule has 0 bridgehead atoms. The normalized spacial score (nSPS) is 12.8. The monoisotopic (exact) mass is 436 g/mol. The average Bonchev–Trinajstić information content (AvgIpc) is 3.25. The van der Waals surface area contributed by atoms with Gasteiger partial charge >= 0.3 is 0 Å². The molecular weight excluding hydrogens is 412 g/mol. The summed E-state index contributed by atoms with van der Waals surface area (Å²) in [5, 5.41) is 5.80. The van der Waals surface area contributed by atoms with E-state index in [9.17, 15) is 13.2 Å². The van der Waals surface area contributed by atoms with Crippen molar-refractivity contribution in [3.63, 3.8) is 0 Å². The highest BCUT2D eigenvalue weighted by Crippen LogP contribution is 2.26. The van der Waals surface area contributed by atoms with Crippen molar-refractivity contribution in [3.05, 3.63) is 83.7 Å². The topological polar surface area (TPSA) is 100 Å². The number of sulfonamides is 1. The van der Waals surface area contributed by atoms with Crippen LogP contribution in [0.25, 0.3) is 0 Å². The van der Waals surface area contributed by atoms with Crippen LogP contribution < -0.4 is 15.4 Å². The molecule has 0 atom stereocenters. The van der Waals surface area contributed by atoms with Gasteiger partial charge in [0.05, 0.1) is 11.4 Å². The van der Waals surface area contributed by atoms with E-state index in [-0.39, 0.29) is 17.3 Å². The van der Waals surface area contributed by atoms with Gasteiger partial charge in [0.15, 0.2) is 0 Å². The molecule has 2 aromatic carbocycles. The molecule has 0 spiro atoms. The summed E-state index contributed by atoms with van der Waals surface area (Å²) in [7, 11) is -3.68. The number of nitrogens with one attached hydrogen (secondary N) is 3. The van der Waals surface area contributed by atoms with Crippen LogP contribution in [0.15, 0.2) is 71.9 Å². The Balaban J connectivity index is 1.31. The third-order valence-electron chi connectivity index (χ3n) is 5.18. The molecule has 0 saturated heterocycles. The number of hydrogen-bond acceptors (Lipinski definition) is 5. The first kappa shape index (κ1) is 20.9. The van der Waals surface area contributed by atoms with Gasteiger partial charge in [-0.25, -0.2) is 8.42 Å². The fraction of sp³-hybridized carbons (Fsp3) is 0.217. The van der Waals surface area contributed by atoms with Crippen LogP contribution in [0.3, 0.4) is 0 Å². The molecule has 3 aromatic rings. The molecule has 4 rings (SSSR count). The van der Waals surface area contributed by atoms with Crippen molar-refractivity contribution in [2.75, 3.05) is 16.6 Å². The Morgan fingerprint density at radius 3 is 2.52 bits per heavy atom. The lowest BCUT2D eigenvalue weighted by molar-refractivity contribution is -0.119. The smallest absolute Gasteiger partial charge is 0.261 e. The number of aryl methyl sites for hydroxylation is 2. The average molecular weight is 437 g/mol. The number of rotatable bonds is 8. The number of benzene rings is 2. The van der Waals surface area contributed by atoms with Crippen LogP contribution in [0.4, 0.5) is 11.4 Å². The fourth-order valence-corrected chi connectivity index (χ4v) is 4.60. The summed E-state index contributed by atoms with van der Waals surface area (Å²) in [5.74, 6) is -0.168. The van der Waals surface area contributed by atoms with Gasteiger partial charge in [0, 0.05) is 30.3 Å². The largest absolute Gasteiger partial charge is 0.376 e. The first-order chi connectivity index (χ1) is 15.0. The molecule has 0 radical (unpaired) electrons. The lowest BCUT2D eigenvalue weighted by Crippen LogP contribution is -2.29. The lowest BCUT2D eigenvalue weighted by atomic mass is 10.1. The second-order valence-corrected chi connectivity index (χ2v) is 9.14. The zero-order valence-electron chi connectivity index (χ0n) is 17.0. The van der Waals surface area contributed by atoms with Crippen molar-refractivity contribution >= 4 is 27.3 Å².